The van der Waals surface area contributed by atoms with Crippen LogP contribution in [0.5, 0.6) is 5.75 Å². The van der Waals surface area contributed by atoms with E-state index in [9.17, 15) is 5.11 Å². The monoisotopic (exact) mass is 267 g/mol. The standard InChI is InChI=1S/C16H10ClNO/c17-11-8-13-15(10-4-1-2-6-12(10)18-13)16-9(11)5-3-7-14(16)19/h1-8,18-19H. The lowest BCUT2D eigenvalue weighted by molar-refractivity contribution is 0.482. The van der Waals surface area contributed by atoms with E-state index in [0.717, 1.165) is 32.6 Å². The molecular weight excluding hydrogens is 258 g/mol. The molecule has 0 saturated carbocycles. The highest BCUT2D eigenvalue weighted by Gasteiger charge is 2.13. The van der Waals surface area contributed by atoms with E-state index in [4.69, 9.17) is 11.6 Å². The summed E-state index contributed by atoms with van der Waals surface area (Å²) in [4.78, 5) is 3.34. The highest BCUT2D eigenvalue weighted by molar-refractivity contribution is 6.39. The van der Waals surface area contributed by atoms with Crippen LogP contribution in [-0.4, -0.2) is 10.1 Å². The van der Waals surface area contributed by atoms with Gasteiger partial charge in [0.15, 0.2) is 0 Å². The summed E-state index contributed by atoms with van der Waals surface area (Å²) in [5.41, 5.74) is 1.99. The third-order valence-electron chi connectivity index (χ3n) is 3.56. The number of aromatic hydroxyl groups is 1. The highest BCUT2D eigenvalue weighted by atomic mass is 35.5. The van der Waals surface area contributed by atoms with E-state index in [-0.39, 0.29) is 5.75 Å². The van der Waals surface area contributed by atoms with Crippen molar-refractivity contribution in [2.45, 2.75) is 0 Å². The molecule has 3 heteroatoms. The maximum Gasteiger partial charge on any atom is 0.124 e. The summed E-state index contributed by atoms with van der Waals surface area (Å²) in [6.07, 6.45) is 0. The molecule has 0 bridgehead atoms. The first-order valence-electron chi connectivity index (χ1n) is 6.06. The van der Waals surface area contributed by atoms with Gasteiger partial charge in [-0.1, -0.05) is 41.9 Å². The molecule has 0 aliphatic carbocycles. The number of rotatable bonds is 0. The molecule has 0 amide bonds. The summed E-state index contributed by atoms with van der Waals surface area (Å²) in [6, 6.07) is 15.4. The smallest absolute Gasteiger partial charge is 0.124 e. The Morgan fingerprint density at radius 2 is 1.63 bits per heavy atom. The number of benzene rings is 3. The normalized spacial score (nSPS) is 11.6. The van der Waals surface area contributed by atoms with Gasteiger partial charge in [-0.3, -0.25) is 0 Å². The number of phenols is 1. The zero-order chi connectivity index (χ0) is 13.0. The Hall–Kier alpha value is -2.19. The van der Waals surface area contributed by atoms with Gasteiger partial charge in [0, 0.05) is 32.6 Å². The zero-order valence-corrected chi connectivity index (χ0v) is 10.7. The number of fused-ring (bicyclic) bond motifs is 5. The molecule has 0 aliphatic heterocycles. The van der Waals surface area contributed by atoms with E-state index in [2.05, 4.69) is 4.98 Å². The van der Waals surface area contributed by atoms with Gasteiger partial charge >= 0.3 is 0 Å². The number of nitrogens with one attached hydrogen (secondary N) is 1. The van der Waals surface area contributed by atoms with Crippen molar-refractivity contribution in [2.24, 2.45) is 0 Å². The largest absolute Gasteiger partial charge is 0.507 e. The first kappa shape index (κ1) is 10.7. The van der Waals surface area contributed by atoms with Gasteiger partial charge in [-0.25, -0.2) is 0 Å². The second-order valence-corrected chi connectivity index (χ2v) is 5.06. The SMILES string of the molecule is Oc1cccc2c(Cl)cc3[nH]c4ccccc4c3c12. The third kappa shape index (κ3) is 1.38. The van der Waals surface area contributed by atoms with Crippen LogP contribution in [0.2, 0.25) is 5.02 Å². The van der Waals surface area contributed by atoms with Crippen LogP contribution in [0.1, 0.15) is 0 Å². The van der Waals surface area contributed by atoms with Crippen molar-refractivity contribution in [3.8, 4) is 5.75 Å². The van der Waals surface area contributed by atoms with Crippen LogP contribution in [0.15, 0.2) is 48.5 Å². The summed E-state index contributed by atoms with van der Waals surface area (Å²) in [5.74, 6) is 0.259. The molecule has 1 aromatic heterocycles. The molecule has 0 atom stereocenters. The number of phenolic OH excluding ortho intramolecular Hbond substituents is 1. The summed E-state index contributed by atoms with van der Waals surface area (Å²) in [7, 11) is 0. The van der Waals surface area contributed by atoms with E-state index < -0.39 is 0 Å². The Bertz CT molecular complexity index is 940. The molecule has 0 aliphatic rings. The summed E-state index contributed by atoms with van der Waals surface area (Å²) >= 11 is 6.30. The van der Waals surface area contributed by atoms with Crippen LogP contribution in [-0.2, 0) is 0 Å². The fourth-order valence-electron chi connectivity index (χ4n) is 2.75. The molecule has 92 valence electrons. The Morgan fingerprint density at radius 3 is 2.53 bits per heavy atom. The number of halogens is 1. The van der Waals surface area contributed by atoms with Gasteiger partial charge in [0.25, 0.3) is 0 Å². The number of hydrogen-bond donors (Lipinski definition) is 2. The van der Waals surface area contributed by atoms with Crippen LogP contribution in [0.4, 0.5) is 0 Å². The zero-order valence-electron chi connectivity index (χ0n) is 9.94. The number of H-pyrrole nitrogens is 1. The fraction of sp³-hybridized carbons (Fsp3) is 0. The van der Waals surface area contributed by atoms with E-state index in [1.54, 1.807) is 6.07 Å². The first-order chi connectivity index (χ1) is 9.25. The number of aromatic nitrogens is 1. The minimum atomic E-state index is 0.259. The maximum atomic E-state index is 10.2. The lowest BCUT2D eigenvalue weighted by Crippen LogP contribution is -1.78. The molecule has 3 aromatic carbocycles. The summed E-state index contributed by atoms with van der Waals surface area (Å²) in [5, 5.41) is 14.6. The van der Waals surface area contributed by atoms with Gasteiger partial charge in [-0.2, -0.15) is 0 Å². The number of hydrogen-bond acceptors (Lipinski definition) is 1. The van der Waals surface area contributed by atoms with E-state index >= 15 is 0 Å². The predicted molar refractivity (Wildman–Crippen MR) is 80.0 cm³/mol. The van der Waals surface area contributed by atoms with Crippen LogP contribution >= 0.6 is 11.6 Å². The number of para-hydroxylation sites is 1. The molecular formula is C16H10ClNO. The Labute approximate surface area is 114 Å². The molecule has 0 radical (unpaired) electrons. The minimum Gasteiger partial charge on any atom is -0.507 e. The Balaban J connectivity index is 2.42. The Kier molecular flexibility index (Phi) is 2.06. The second-order valence-electron chi connectivity index (χ2n) is 4.65. The predicted octanol–water partition coefficient (Wildman–Crippen LogP) is 4.83. The lowest BCUT2D eigenvalue weighted by Gasteiger charge is -2.05. The maximum absolute atomic E-state index is 10.2. The average Bonchev–Trinajstić information content (AvgIpc) is 2.77. The van der Waals surface area contributed by atoms with Crippen molar-refractivity contribution in [3.63, 3.8) is 0 Å². The molecule has 2 N–H and O–H groups in total. The third-order valence-corrected chi connectivity index (χ3v) is 3.87. The van der Waals surface area contributed by atoms with Crippen LogP contribution < -0.4 is 0 Å². The van der Waals surface area contributed by atoms with E-state index in [0.29, 0.717) is 5.02 Å². The highest BCUT2D eigenvalue weighted by Crippen LogP contribution is 2.40. The molecule has 0 spiro atoms. The number of aromatic amines is 1. The van der Waals surface area contributed by atoms with Gasteiger partial charge in [-0.05, 0) is 18.2 Å². The van der Waals surface area contributed by atoms with E-state index in [1.807, 2.05) is 42.5 Å². The quantitative estimate of drug-likeness (QED) is 0.470. The molecule has 0 fully saturated rings. The van der Waals surface area contributed by atoms with Crippen molar-refractivity contribution >= 4 is 44.2 Å². The average molecular weight is 268 g/mol. The molecule has 0 unspecified atom stereocenters. The first-order valence-corrected chi connectivity index (χ1v) is 6.44. The summed E-state index contributed by atoms with van der Waals surface area (Å²) in [6.45, 7) is 0. The summed E-state index contributed by atoms with van der Waals surface area (Å²) < 4.78 is 0. The van der Waals surface area contributed by atoms with Crippen molar-refractivity contribution in [2.75, 3.05) is 0 Å². The van der Waals surface area contributed by atoms with Crippen molar-refractivity contribution < 1.29 is 5.11 Å². The molecule has 0 saturated heterocycles. The Morgan fingerprint density at radius 1 is 0.842 bits per heavy atom. The molecule has 4 rings (SSSR count). The van der Waals surface area contributed by atoms with Crippen LogP contribution in [0, 0.1) is 0 Å². The second kappa shape index (κ2) is 3.65. The van der Waals surface area contributed by atoms with Gasteiger partial charge in [-0.15, -0.1) is 0 Å². The van der Waals surface area contributed by atoms with Crippen LogP contribution in [0.25, 0.3) is 32.6 Å². The van der Waals surface area contributed by atoms with Crippen molar-refractivity contribution in [1.29, 1.82) is 0 Å². The molecule has 19 heavy (non-hydrogen) atoms. The molecule has 2 nitrogen and oxygen atoms in total. The minimum absolute atomic E-state index is 0.259. The molecule has 1 heterocycles. The van der Waals surface area contributed by atoms with E-state index in [1.165, 1.54) is 0 Å². The fourth-order valence-corrected chi connectivity index (χ4v) is 3.01. The molecule has 4 aromatic rings. The lowest BCUT2D eigenvalue weighted by atomic mass is 10.0. The van der Waals surface area contributed by atoms with Gasteiger partial charge < -0.3 is 10.1 Å². The van der Waals surface area contributed by atoms with Gasteiger partial charge in [0.1, 0.15) is 5.75 Å². The topological polar surface area (TPSA) is 36.0 Å². The van der Waals surface area contributed by atoms with Gasteiger partial charge in [0.05, 0.1) is 5.02 Å². The van der Waals surface area contributed by atoms with Gasteiger partial charge in [0.2, 0.25) is 0 Å². The van der Waals surface area contributed by atoms with Crippen molar-refractivity contribution in [1.82, 2.24) is 4.98 Å². The van der Waals surface area contributed by atoms with Crippen molar-refractivity contribution in [3.05, 3.63) is 53.6 Å². The van der Waals surface area contributed by atoms with Crippen LogP contribution in [0.3, 0.4) is 0 Å².